The van der Waals surface area contributed by atoms with E-state index in [1.54, 1.807) is 6.92 Å². The Morgan fingerprint density at radius 1 is 1.00 bits per heavy atom. The minimum atomic E-state index is -3.16. The number of ketones is 1. The Morgan fingerprint density at radius 3 is 2.11 bits per heavy atom. The van der Waals surface area contributed by atoms with E-state index in [2.05, 4.69) is 6.92 Å². The van der Waals surface area contributed by atoms with Gasteiger partial charge in [0.05, 0.1) is 12.2 Å². The van der Waals surface area contributed by atoms with Gasteiger partial charge < -0.3 is 4.74 Å². The van der Waals surface area contributed by atoms with Crippen LogP contribution < -0.4 is 4.74 Å². The summed E-state index contributed by atoms with van der Waals surface area (Å²) in [5.74, 6) is 0.0557. The van der Waals surface area contributed by atoms with Gasteiger partial charge in [0.25, 0.3) is 12.9 Å². The number of carbonyl (C=O) groups is 1. The number of alkyl halides is 4. The summed E-state index contributed by atoms with van der Waals surface area (Å²) < 4.78 is 59.2. The van der Waals surface area contributed by atoms with Crippen LogP contribution in [0.5, 0.6) is 5.75 Å². The van der Waals surface area contributed by atoms with E-state index in [0.29, 0.717) is 5.92 Å². The smallest absolute Gasteiger partial charge is 0.267 e. The molecule has 1 aliphatic carbocycles. The highest BCUT2D eigenvalue weighted by atomic mass is 19.3. The predicted molar refractivity (Wildman–Crippen MR) is 96.8 cm³/mol. The van der Waals surface area contributed by atoms with Crippen LogP contribution >= 0.6 is 0 Å². The monoisotopic (exact) mass is 388 g/mol. The Kier molecular flexibility index (Phi) is 8.11. The summed E-state index contributed by atoms with van der Waals surface area (Å²) in [5.41, 5.74) is -2.02. The normalized spacial score (nSPS) is 20.3. The second-order valence-electron chi connectivity index (χ2n) is 7.28. The molecule has 1 fully saturated rings. The van der Waals surface area contributed by atoms with Crippen LogP contribution in [0.15, 0.2) is 12.1 Å². The molecule has 152 valence electrons. The van der Waals surface area contributed by atoms with Gasteiger partial charge in [-0.15, -0.1) is 0 Å². The fraction of sp³-hybridized carbons (Fsp3) is 0.667. The highest BCUT2D eigenvalue weighted by Crippen LogP contribution is 2.41. The predicted octanol–water partition coefficient (Wildman–Crippen LogP) is 7.14. The summed E-state index contributed by atoms with van der Waals surface area (Å²) >= 11 is 0. The quantitative estimate of drug-likeness (QED) is 0.332. The molecule has 6 heteroatoms. The van der Waals surface area contributed by atoms with Crippen molar-refractivity contribution < 1.29 is 27.1 Å². The van der Waals surface area contributed by atoms with Crippen molar-refractivity contribution in [3.05, 3.63) is 28.8 Å². The number of halogens is 4. The summed E-state index contributed by atoms with van der Waals surface area (Å²) in [7, 11) is 0. The molecule has 0 heterocycles. The zero-order valence-corrected chi connectivity index (χ0v) is 15.9. The molecule has 2 nitrogen and oxygen atoms in total. The molecule has 1 aromatic carbocycles. The maximum atomic E-state index is 13.6. The fourth-order valence-electron chi connectivity index (χ4n) is 4.11. The molecular weight excluding hydrogens is 360 g/mol. The van der Waals surface area contributed by atoms with Crippen LogP contribution in [-0.4, -0.2) is 12.4 Å². The molecule has 0 aliphatic heterocycles. The maximum absolute atomic E-state index is 13.6. The van der Waals surface area contributed by atoms with Gasteiger partial charge >= 0.3 is 0 Å². The van der Waals surface area contributed by atoms with Gasteiger partial charge in [-0.3, -0.25) is 4.79 Å². The molecule has 0 saturated heterocycles. The summed E-state index contributed by atoms with van der Waals surface area (Å²) in [5, 5.41) is 0. The van der Waals surface area contributed by atoms with E-state index in [1.807, 2.05) is 0 Å². The van der Waals surface area contributed by atoms with Gasteiger partial charge in [0.2, 0.25) is 0 Å². The highest BCUT2D eigenvalue weighted by molar-refractivity contribution is 5.98. The Balaban J connectivity index is 2.21. The number of rotatable bonds is 9. The van der Waals surface area contributed by atoms with Gasteiger partial charge in [-0.1, -0.05) is 32.6 Å². The maximum Gasteiger partial charge on any atom is 0.267 e. The average Bonchev–Trinajstić information content (AvgIpc) is 2.63. The third-order valence-corrected chi connectivity index (χ3v) is 5.42. The van der Waals surface area contributed by atoms with Crippen molar-refractivity contribution in [3.63, 3.8) is 0 Å². The van der Waals surface area contributed by atoms with Crippen molar-refractivity contribution >= 4 is 5.78 Å². The number of hydrogen-bond acceptors (Lipinski definition) is 2. The summed E-state index contributed by atoms with van der Waals surface area (Å²) in [6.45, 7) is 3.82. The Morgan fingerprint density at radius 2 is 1.59 bits per heavy atom. The molecule has 0 aromatic heterocycles. The molecule has 0 N–H and O–H groups in total. The molecule has 0 bridgehead atoms. The van der Waals surface area contributed by atoms with Crippen LogP contribution in [0, 0.1) is 11.8 Å². The lowest BCUT2D eigenvalue weighted by Gasteiger charge is -2.28. The largest absolute Gasteiger partial charge is 0.493 e. The van der Waals surface area contributed by atoms with Crippen LogP contribution in [0.3, 0.4) is 0 Å². The van der Waals surface area contributed by atoms with Crippen molar-refractivity contribution in [2.24, 2.45) is 11.8 Å². The van der Waals surface area contributed by atoms with Gasteiger partial charge in [0, 0.05) is 17.5 Å². The molecule has 0 radical (unpaired) electrons. The van der Waals surface area contributed by atoms with Crippen molar-refractivity contribution in [3.8, 4) is 5.75 Å². The summed E-state index contributed by atoms with van der Waals surface area (Å²) in [6.07, 6.45) is 0.00834. The van der Waals surface area contributed by atoms with Crippen LogP contribution in [0.25, 0.3) is 0 Å². The Labute approximate surface area is 158 Å². The van der Waals surface area contributed by atoms with Gasteiger partial charge in [-0.05, 0) is 43.7 Å². The van der Waals surface area contributed by atoms with E-state index in [0.717, 1.165) is 32.1 Å². The third-order valence-electron chi connectivity index (χ3n) is 5.42. The fourth-order valence-corrected chi connectivity index (χ4v) is 4.11. The molecule has 27 heavy (non-hydrogen) atoms. The van der Waals surface area contributed by atoms with Crippen molar-refractivity contribution in [1.82, 2.24) is 0 Å². The molecule has 0 unspecified atom stereocenters. The standard InChI is InChI=1S/C21H28F4O2/c1-3-5-13-6-8-14(9-7-13)12-16(26)15-10-11-17(27-4-2)19(21(24)25)18(15)20(22)23/h10-11,13-14,20-21H,3-9,12H2,1-2H3. The highest BCUT2D eigenvalue weighted by Gasteiger charge is 2.31. The SMILES string of the molecule is CCCC1CCC(CC(=O)c2ccc(OCC)c(C(F)F)c2C(F)F)CC1. The molecule has 0 amide bonds. The minimum absolute atomic E-state index is 0.0801. The van der Waals surface area contributed by atoms with E-state index >= 15 is 0 Å². The van der Waals surface area contributed by atoms with E-state index < -0.39 is 29.8 Å². The minimum Gasteiger partial charge on any atom is -0.493 e. The van der Waals surface area contributed by atoms with E-state index in [1.165, 1.54) is 18.6 Å². The van der Waals surface area contributed by atoms with Crippen LogP contribution in [0.1, 0.15) is 93.1 Å². The van der Waals surface area contributed by atoms with Crippen molar-refractivity contribution in [1.29, 1.82) is 0 Å². The Hall–Kier alpha value is -1.59. The van der Waals surface area contributed by atoms with E-state index in [4.69, 9.17) is 4.74 Å². The second kappa shape index (κ2) is 10.1. The molecule has 0 spiro atoms. The average molecular weight is 388 g/mol. The number of benzene rings is 1. The lowest BCUT2D eigenvalue weighted by atomic mass is 9.77. The van der Waals surface area contributed by atoms with Crippen molar-refractivity contribution in [2.75, 3.05) is 6.61 Å². The number of hydrogen-bond donors (Lipinski definition) is 0. The third kappa shape index (κ3) is 5.45. The first-order valence-corrected chi connectivity index (χ1v) is 9.78. The van der Waals surface area contributed by atoms with E-state index in [-0.39, 0.29) is 30.3 Å². The number of carbonyl (C=O) groups excluding carboxylic acids is 1. The molecule has 1 saturated carbocycles. The molecule has 1 aliphatic rings. The van der Waals surface area contributed by atoms with Crippen LogP contribution in [-0.2, 0) is 0 Å². The van der Waals surface area contributed by atoms with Crippen LogP contribution in [0.4, 0.5) is 17.6 Å². The number of Topliss-reactive ketones (excluding diaryl/α,β-unsaturated/α-hetero) is 1. The van der Waals surface area contributed by atoms with Gasteiger partial charge in [0.1, 0.15) is 5.75 Å². The summed E-state index contributed by atoms with van der Waals surface area (Å²) in [4.78, 5) is 12.7. The first kappa shape index (κ1) is 21.7. The lowest BCUT2D eigenvalue weighted by Crippen LogP contribution is -2.19. The first-order valence-electron chi connectivity index (χ1n) is 9.78. The zero-order valence-electron chi connectivity index (χ0n) is 15.9. The summed E-state index contributed by atoms with van der Waals surface area (Å²) in [6, 6.07) is 2.42. The van der Waals surface area contributed by atoms with Crippen molar-refractivity contribution in [2.45, 2.75) is 71.6 Å². The molecule has 2 rings (SSSR count). The lowest BCUT2D eigenvalue weighted by molar-refractivity contribution is 0.0920. The van der Waals surface area contributed by atoms with E-state index in [9.17, 15) is 22.4 Å². The molecule has 1 aromatic rings. The topological polar surface area (TPSA) is 26.3 Å². The first-order chi connectivity index (χ1) is 12.9. The second-order valence-corrected chi connectivity index (χ2v) is 7.28. The molecule has 0 atom stereocenters. The Bertz CT molecular complexity index is 623. The van der Waals surface area contributed by atoms with Gasteiger partial charge in [0.15, 0.2) is 5.78 Å². The number of ether oxygens (including phenoxy) is 1. The molecular formula is C21H28F4O2. The van der Waals surface area contributed by atoms with Gasteiger partial charge in [-0.25, -0.2) is 17.6 Å². The van der Waals surface area contributed by atoms with Crippen LogP contribution in [0.2, 0.25) is 0 Å². The zero-order chi connectivity index (χ0) is 20.0. The van der Waals surface area contributed by atoms with Gasteiger partial charge in [-0.2, -0.15) is 0 Å².